The molecule has 0 fully saturated rings. The predicted octanol–water partition coefficient (Wildman–Crippen LogP) is 1.07. The summed E-state index contributed by atoms with van der Waals surface area (Å²) in [6.07, 6.45) is 0. The average molecular weight is 168 g/mol. The molecule has 0 radical (unpaired) electrons. The molecule has 0 aliphatic rings. The zero-order valence-corrected chi connectivity index (χ0v) is 7.63. The van der Waals surface area contributed by atoms with Crippen LogP contribution in [0.5, 0.6) is 0 Å². The molecule has 0 aromatic carbocycles. The summed E-state index contributed by atoms with van der Waals surface area (Å²) in [7, 11) is 0.834. The maximum absolute atomic E-state index is 10.6. The Balaban J connectivity index is 3.92. The van der Waals surface area contributed by atoms with Gasteiger partial charge < -0.3 is 9.47 Å². The smallest absolute Gasteiger partial charge is 0.284 e. The zero-order chi connectivity index (χ0) is 8.20. The minimum Gasteiger partial charge on any atom is -0.331 e. The maximum atomic E-state index is 10.6. The Labute approximate surface area is 61.3 Å². The van der Waals surface area contributed by atoms with E-state index in [1.165, 1.54) is 20.9 Å². The number of hydrogen-bond donors (Lipinski definition) is 0. The summed E-state index contributed by atoms with van der Waals surface area (Å²) in [5.74, 6) is -1.16. The monoisotopic (exact) mass is 168 g/mol. The fourth-order valence-electron chi connectivity index (χ4n) is 0.428. The molecule has 5 heteroatoms. The highest BCUT2D eigenvalue weighted by atomic mass is 31.1. The molecule has 62 valence electrons. The largest absolute Gasteiger partial charge is 0.331 e. The van der Waals surface area contributed by atoms with Gasteiger partial charge in [0.05, 0.1) is 0 Å². The molecule has 0 bridgehead atoms. The maximum Gasteiger partial charge on any atom is 0.284 e. The van der Waals surface area contributed by atoms with E-state index in [1.807, 2.05) is 0 Å². The summed E-state index contributed by atoms with van der Waals surface area (Å²) in [4.78, 5) is 0. The summed E-state index contributed by atoms with van der Waals surface area (Å²) in [6, 6.07) is 0. The lowest BCUT2D eigenvalue weighted by Crippen LogP contribution is -2.30. The Morgan fingerprint density at radius 3 is 1.80 bits per heavy atom. The lowest BCUT2D eigenvalue weighted by molar-refractivity contribution is -0.307. The molecule has 0 aromatic rings. The van der Waals surface area contributed by atoms with Gasteiger partial charge in [-0.15, -0.1) is 0 Å². The van der Waals surface area contributed by atoms with E-state index < -0.39 is 14.0 Å². The fourth-order valence-corrected chi connectivity index (χ4v) is 1.12. The summed E-state index contributed by atoms with van der Waals surface area (Å²) >= 11 is 0. The van der Waals surface area contributed by atoms with Crippen molar-refractivity contribution >= 4 is 8.03 Å². The molecule has 1 atom stereocenters. The summed E-state index contributed by atoms with van der Waals surface area (Å²) in [5.41, 5.74) is 0. The van der Waals surface area contributed by atoms with Crippen molar-refractivity contribution in [2.45, 2.75) is 12.9 Å². The van der Waals surface area contributed by atoms with Gasteiger partial charge in [0, 0.05) is 27.8 Å². The van der Waals surface area contributed by atoms with Crippen LogP contribution in [0.25, 0.3) is 0 Å². The summed E-state index contributed by atoms with van der Waals surface area (Å²) in [6.45, 7) is 3.03. The van der Waals surface area contributed by atoms with Gasteiger partial charge >= 0.3 is 0 Å². The average Bonchev–Trinajstić information content (AvgIpc) is 1.87. The topological polar surface area (TPSA) is 44.8 Å². The lowest BCUT2D eigenvalue weighted by atomic mass is 10.7. The molecule has 0 N–H and O–H groups in total. The van der Waals surface area contributed by atoms with Crippen LogP contribution in [0.2, 0.25) is 0 Å². The standard InChI is InChI=1S/C5H13O4P/c1-5(7-2,8-3)9-10(4)6/h10H,1-4H3. The predicted molar refractivity (Wildman–Crippen MR) is 38.4 cm³/mol. The van der Waals surface area contributed by atoms with Crippen LogP contribution in [0, 0.1) is 0 Å². The van der Waals surface area contributed by atoms with Crippen molar-refractivity contribution in [3.63, 3.8) is 0 Å². The number of rotatable bonds is 4. The molecular formula is C5H13O4P. The van der Waals surface area contributed by atoms with Crippen molar-refractivity contribution in [1.29, 1.82) is 0 Å². The summed E-state index contributed by atoms with van der Waals surface area (Å²) < 4.78 is 25.0. The van der Waals surface area contributed by atoms with Crippen LogP contribution < -0.4 is 0 Å². The van der Waals surface area contributed by atoms with E-state index >= 15 is 0 Å². The third kappa shape index (κ3) is 3.32. The van der Waals surface area contributed by atoms with Gasteiger partial charge in [0.15, 0.2) is 8.03 Å². The first-order valence-corrected chi connectivity index (χ1v) is 4.65. The lowest BCUT2D eigenvalue weighted by Gasteiger charge is -2.24. The Hall–Kier alpha value is 0.110. The van der Waals surface area contributed by atoms with Crippen LogP contribution in [0.4, 0.5) is 0 Å². The third-order valence-corrected chi connectivity index (χ3v) is 1.73. The summed E-state index contributed by atoms with van der Waals surface area (Å²) in [5, 5.41) is 0. The molecule has 0 amide bonds. The Bertz CT molecular complexity index is 121. The Morgan fingerprint density at radius 1 is 1.30 bits per heavy atom. The van der Waals surface area contributed by atoms with Crippen molar-refractivity contribution in [3.05, 3.63) is 0 Å². The van der Waals surface area contributed by atoms with E-state index in [2.05, 4.69) is 0 Å². The fraction of sp³-hybridized carbons (Fsp3) is 1.00. The second-order valence-electron chi connectivity index (χ2n) is 1.86. The van der Waals surface area contributed by atoms with Gasteiger partial charge in [-0.3, -0.25) is 9.09 Å². The van der Waals surface area contributed by atoms with Crippen LogP contribution in [-0.4, -0.2) is 26.9 Å². The second kappa shape index (κ2) is 4.09. The van der Waals surface area contributed by atoms with Gasteiger partial charge in [0.1, 0.15) is 0 Å². The first-order chi connectivity index (χ1) is 4.54. The first kappa shape index (κ1) is 10.1. The highest BCUT2D eigenvalue weighted by molar-refractivity contribution is 7.38. The molecule has 10 heavy (non-hydrogen) atoms. The number of methoxy groups -OCH3 is 2. The third-order valence-electron chi connectivity index (χ3n) is 1.07. The normalized spacial score (nSPS) is 15.2. The van der Waals surface area contributed by atoms with E-state index in [1.54, 1.807) is 6.92 Å². The molecule has 0 aliphatic heterocycles. The van der Waals surface area contributed by atoms with Crippen LogP contribution >= 0.6 is 8.03 Å². The van der Waals surface area contributed by atoms with Crippen LogP contribution in [0.3, 0.4) is 0 Å². The molecule has 4 nitrogen and oxygen atoms in total. The van der Waals surface area contributed by atoms with Gasteiger partial charge in [-0.05, 0) is 0 Å². The van der Waals surface area contributed by atoms with E-state index in [-0.39, 0.29) is 0 Å². The van der Waals surface area contributed by atoms with E-state index in [4.69, 9.17) is 14.0 Å². The first-order valence-electron chi connectivity index (χ1n) is 2.84. The zero-order valence-electron chi connectivity index (χ0n) is 6.63. The second-order valence-corrected chi connectivity index (χ2v) is 3.05. The van der Waals surface area contributed by atoms with Gasteiger partial charge in [0.25, 0.3) is 5.97 Å². The van der Waals surface area contributed by atoms with Gasteiger partial charge in [0.2, 0.25) is 0 Å². The van der Waals surface area contributed by atoms with Crippen LogP contribution in [0.15, 0.2) is 0 Å². The van der Waals surface area contributed by atoms with E-state index in [9.17, 15) is 4.57 Å². The Morgan fingerprint density at radius 2 is 1.70 bits per heavy atom. The molecule has 0 rings (SSSR count). The van der Waals surface area contributed by atoms with Gasteiger partial charge in [-0.25, -0.2) is 0 Å². The van der Waals surface area contributed by atoms with Crippen LogP contribution in [0.1, 0.15) is 6.92 Å². The number of hydrogen-bond acceptors (Lipinski definition) is 4. The SMILES string of the molecule is COC(C)(OC)O[PH](C)=O. The van der Waals surface area contributed by atoms with Crippen molar-refractivity contribution in [2.75, 3.05) is 20.9 Å². The van der Waals surface area contributed by atoms with E-state index in [0.717, 1.165) is 0 Å². The molecular weight excluding hydrogens is 155 g/mol. The highest BCUT2D eigenvalue weighted by Crippen LogP contribution is 2.26. The van der Waals surface area contributed by atoms with Crippen LogP contribution in [-0.2, 0) is 18.6 Å². The molecule has 0 aliphatic carbocycles. The molecule has 0 spiro atoms. The van der Waals surface area contributed by atoms with Crippen molar-refractivity contribution in [1.82, 2.24) is 0 Å². The minimum absolute atomic E-state index is 1.16. The van der Waals surface area contributed by atoms with Crippen molar-refractivity contribution < 1.29 is 18.6 Å². The Kier molecular flexibility index (Phi) is 4.13. The number of ether oxygens (including phenoxy) is 2. The molecule has 1 unspecified atom stereocenters. The van der Waals surface area contributed by atoms with E-state index in [0.29, 0.717) is 0 Å². The van der Waals surface area contributed by atoms with Crippen molar-refractivity contribution in [3.8, 4) is 0 Å². The van der Waals surface area contributed by atoms with Gasteiger partial charge in [-0.2, -0.15) is 0 Å². The molecule has 0 aromatic heterocycles. The molecule has 0 saturated carbocycles. The molecule has 0 heterocycles. The quantitative estimate of drug-likeness (QED) is 0.465. The molecule has 0 saturated heterocycles. The van der Waals surface area contributed by atoms with Gasteiger partial charge in [-0.1, -0.05) is 0 Å². The highest BCUT2D eigenvalue weighted by Gasteiger charge is 2.24. The van der Waals surface area contributed by atoms with Crippen molar-refractivity contribution in [2.24, 2.45) is 0 Å². The minimum atomic E-state index is -2.02.